The van der Waals surface area contributed by atoms with E-state index in [1.54, 1.807) is 0 Å². The van der Waals surface area contributed by atoms with Gasteiger partial charge in [0.2, 0.25) is 11.8 Å². The Hall–Kier alpha value is -0.810. The molecule has 0 aromatic carbocycles. The summed E-state index contributed by atoms with van der Waals surface area (Å²) < 4.78 is 0. The van der Waals surface area contributed by atoms with Crippen LogP contribution in [0.25, 0.3) is 0 Å². The SMILES string of the molecule is Cl.O=C1CCC(NC(=O)C2CCCCN2)CN1. The maximum Gasteiger partial charge on any atom is 0.237 e. The summed E-state index contributed by atoms with van der Waals surface area (Å²) in [6, 6.07) is 0.0697. The Bertz CT molecular complexity index is 270. The highest BCUT2D eigenvalue weighted by Crippen LogP contribution is 2.08. The zero-order valence-electron chi connectivity index (χ0n) is 9.83. The third-order valence-corrected chi connectivity index (χ3v) is 3.24. The molecule has 17 heavy (non-hydrogen) atoms. The van der Waals surface area contributed by atoms with Crippen LogP contribution in [-0.4, -0.2) is 37.0 Å². The first-order chi connectivity index (χ1) is 7.75. The number of halogens is 1. The van der Waals surface area contributed by atoms with E-state index in [-0.39, 0.29) is 36.3 Å². The third-order valence-electron chi connectivity index (χ3n) is 3.24. The van der Waals surface area contributed by atoms with Gasteiger partial charge in [-0.25, -0.2) is 0 Å². The fraction of sp³-hybridized carbons (Fsp3) is 0.818. The van der Waals surface area contributed by atoms with E-state index in [2.05, 4.69) is 16.0 Å². The number of hydrogen-bond acceptors (Lipinski definition) is 3. The van der Waals surface area contributed by atoms with Crippen molar-refractivity contribution in [3.05, 3.63) is 0 Å². The molecule has 0 saturated carbocycles. The number of amides is 2. The molecule has 2 atom stereocenters. The minimum atomic E-state index is -0.0358. The molecule has 0 spiro atoms. The lowest BCUT2D eigenvalue weighted by atomic mass is 10.0. The standard InChI is InChI=1S/C11H19N3O2.ClH/c15-10-5-4-8(7-13-10)14-11(16)9-3-1-2-6-12-9;/h8-9,12H,1-7H2,(H,13,15)(H,14,16);1H. The maximum absolute atomic E-state index is 11.9. The van der Waals surface area contributed by atoms with Crippen molar-refractivity contribution in [3.63, 3.8) is 0 Å². The third kappa shape index (κ3) is 4.16. The second-order valence-electron chi connectivity index (χ2n) is 4.55. The minimum Gasteiger partial charge on any atom is -0.354 e. The average Bonchev–Trinajstić information content (AvgIpc) is 2.33. The van der Waals surface area contributed by atoms with Crippen LogP contribution in [0.5, 0.6) is 0 Å². The molecule has 2 saturated heterocycles. The Morgan fingerprint density at radius 1 is 1.29 bits per heavy atom. The minimum absolute atomic E-state index is 0. The van der Waals surface area contributed by atoms with Crippen molar-refractivity contribution >= 4 is 24.2 Å². The molecule has 0 radical (unpaired) electrons. The molecule has 98 valence electrons. The van der Waals surface area contributed by atoms with E-state index in [0.717, 1.165) is 32.2 Å². The smallest absolute Gasteiger partial charge is 0.237 e. The van der Waals surface area contributed by atoms with Crippen molar-refractivity contribution in [1.29, 1.82) is 0 Å². The summed E-state index contributed by atoms with van der Waals surface area (Å²) in [5.41, 5.74) is 0. The quantitative estimate of drug-likeness (QED) is 0.653. The average molecular weight is 262 g/mol. The molecular weight excluding hydrogens is 242 g/mol. The van der Waals surface area contributed by atoms with Crippen molar-refractivity contribution in [2.75, 3.05) is 13.1 Å². The first kappa shape index (κ1) is 14.3. The highest BCUT2D eigenvalue weighted by atomic mass is 35.5. The van der Waals surface area contributed by atoms with Crippen LogP contribution in [0.2, 0.25) is 0 Å². The van der Waals surface area contributed by atoms with Crippen LogP contribution in [-0.2, 0) is 9.59 Å². The number of nitrogens with one attached hydrogen (secondary N) is 3. The van der Waals surface area contributed by atoms with E-state index in [0.29, 0.717) is 13.0 Å². The highest BCUT2D eigenvalue weighted by molar-refractivity contribution is 5.85. The van der Waals surface area contributed by atoms with Gasteiger partial charge in [0, 0.05) is 19.0 Å². The molecule has 2 unspecified atom stereocenters. The Kier molecular flexibility index (Phi) is 5.71. The van der Waals surface area contributed by atoms with Crippen molar-refractivity contribution in [1.82, 2.24) is 16.0 Å². The number of piperidine rings is 2. The molecule has 2 heterocycles. The predicted octanol–water partition coefficient (Wildman–Crippen LogP) is -0.0549. The fourth-order valence-corrected chi connectivity index (χ4v) is 2.23. The summed E-state index contributed by atoms with van der Waals surface area (Å²) in [6.07, 6.45) is 4.47. The van der Waals surface area contributed by atoms with Gasteiger partial charge < -0.3 is 16.0 Å². The number of hydrogen-bond donors (Lipinski definition) is 3. The molecule has 3 N–H and O–H groups in total. The number of carbonyl (C=O) groups is 2. The number of rotatable bonds is 2. The van der Waals surface area contributed by atoms with Gasteiger partial charge in [-0.1, -0.05) is 6.42 Å². The molecular formula is C11H20ClN3O2. The first-order valence-electron chi connectivity index (χ1n) is 6.06. The Balaban J connectivity index is 0.00000144. The molecule has 0 aromatic heterocycles. The second kappa shape index (κ2) is 6.81. The normalized spacial score (nSPS) is 28.8. The largest absolute Gasteiger partial charge is 0.354 e. The van der Waals surface area contributed by atoms with Gasteiger partial charge in [0.15, 0.2) is 0 Å². The van der Waals surface area contributed by atoms with Crippen molar-refractivity contribution in [2.45, 2.75) is 44.2 Å². The molecule has 0 aliphatic carbocycles. The van der Waals surface area contributed by atoms with Gasteiger partial charge in [-0.3, -0.25) is 9.59 Å². The van der Waals surface area contributed by atoms with E-state index in [1.165, 1.54) is 0 Å². The molecule has 2 aliphatic rings. The Labute approximate surface area is 108 Å². The van der Waals surface area contributed by atoms with Crippen LogP contribution < -0.4 is 16.0 Å². The second-order valence-corrected chi connectivity index (χ2v) is 4.55. The van der Waals surface area contributed by atoms with Crippen LogP contribution >= 0.6 is 12.4 Å². The molecule has 2 fully saturated rings. The first-order valence-corrected chi connectivity index (χ1v) is 6.06. The summed E-state index contributed by atoms with van der Waals surface area (Å²) in [4.78, 5) is 22.8. The number of carbonyl (C=O) groups excluding carboxylic acids is 2. The van der Waals surface area contributed by atoms with E-state index in [4.69, 9.17) is 0 Å². The lowest BCUT2D eigenvalue weighted by molar-refractivity contribution is -0.127. The molecule has 5 nitrogen and oxygen atoms in total. The molecule has 0 bridgehead atoms. The van der Waals surface area contributed by atoms with Gasteiger partial charge in [-0.05, 0) is 25.8 Å². The van der Waals surface area contributed by atoms with Gasteiger partial charge >= 0.3 is 0 Å². The Morgan fingerprint density at radius 3 is 2.71 bits per heavy atom. The lowest BCUT2D eigenvalue weighted by Gasteiger charge is -2.28. The van der Waals surface area contributed by atoms with Gasteiger partial charge in [-0.15, -0.1) is 12.4 Å². The summed E-state index contributed by atoms with van der Waals surface area (Å²) in [5.74, 6) is 0.169. The van der Waals surface area contributed by atoms with Gasteiger partial charge in [0.25, 0.3) is 0 Å². The summed E-state index contributed by atoms with van der Waals surface area (Å²) >= 11 is 0. The van der Waals surface area contributed by atoms with E-state index in [1.807, 2.05) is 0 Å². The van der Waals surface area contributed by atoms with Crippen molar-refractivity contribution in [2.24, 2.45) is 0 Å². The van der Waals surface area contributed by atoms with Gasteiger partial charge in [-0.2, -0.15) is 0 Å². The van der Waals surface area contributed by atoms with E-state index >= 15 is 0 Å². The zero-order chi connectivity index (χ0) is 11.4. The molecule has 2 aliphatic heterocycles. The van der Waals surface area contributed by atoms with Crippen molar-refractivity contribution < 1.29 is 9.59 Å². The molecule has 6 heteroatoms. The molecule has 2 rings (SSSR count). The highest BCUT2D eigenvalue weighted by Gasteiger charge is 2.25. The zero-order valence-corrected chi connectivity index (χ0v) is 10.6. The van der Waals surface area contributed by atoms with Crippen LogP contribution in [0.4, 0.5) is 0 Å². The van der Waals surface area contributed by atoms with Gasteiger partial charge in [0.05, 0.1) is 6.04 Å². The predicted molar refractivity (Wildman–Crippen MR) is 67.1 cm³/mol. The van der Waals surface area contributed by atoms with Crippen LogP contribution in [0, 0.1) is 0 Å². The Morgan fingerprint density at radius 2 is 2.12 bits per heavy atom. The maximum atomic E-state index is 11.9. The van der Waals surface area contributed by atoms with Gasteiger partial charge in [0.1, 0.15) is 0 Å². The summed E-state index contributed by atoms with van der Waals surface area (Å²) in [7, 11) is 0. The summed E-state index contributed by atoms with van der Waals surface area (Å²) in [5, 5.41) is 8.98. The lowest BCUT2D eigenvalue weighted by Crippen LogP contribution is -2.53. The van der Waals surface area contributed by atoms with E-state index in [9.17, 15) is 9.59 Å². The summed E-state index contributed by atoms with van der Waals surface area (Å²) in [6.45, 7) is 1.50. The van der Waals surface area contributed by atoms with Crippen LogP contribution in [0.1, 0.15) is 32.1 Å². The van der Waals surface area contributed by atoms with Crippen LogP contribution in [0.15, 0.2) is 0 Å². The van der Waals surface area contributed by atoms with Crippen LogP contribution in [0.3, 0.4) is 0 Å². The molecule has 0 aromatic rings. The molecule has 2 amide bonds. The monoisotopic (exact) mass is 261 g/mol. The fourth-order valence-electron chi connectivity index (χ4n) is 2.23. The van der Waals surface area contributed by atoms with E-state index < -0.39 is 0 Å². The van der Waals surface area contributed by atoms with Crippen molar-refractivity contribution in [3.8, 4) is 0 Å². The topological polar surface area (TPSA) is 70.2 Å².